The highest BCUT2D eigenvalue weighted by molar-refractivity contribution is 7.16. The van der Waals surface area contributed by atoms with E-state index < -0.39 is 4.92 Å². The number of hydrogen-bond donors (Lipinski definition) is 0. The Kier molecular flexibility index (Phi) is 6.50. The van der Waals surface area contributed by atoms with Gasteiger partial charge >= 0.3 is 5.97 Å². The highest BCUT2D eigenvalue weighted by Gasteiger charge is 2.14. The van der Waals surface area contributed by atoms with E-state index in [1.165, 1.54) is 23.5 Å². The molecule has 0 spiro atoms. The molecule has 1 heterocycles. The van der Waals surface area contributed by atoms with Gasteiger partial charge in [-0.1, -0.05) is 41.7 Å². The van der Waals surface area contributed by atoms with Crippen molar-refractivity contribution in [2.24, 2.45) is 4.99 Å². The third-order valence-electron chi connectivity index (χ3n) is 4.14. The molecule has 0 aliphatic rings. The van der Waals surface area contributed by atoms with Crippen LogP contribution in [0.15, 0.2) is 53.5 Å². The molecule has 8 nitrogen and oxygen atoms in total. The number of nitro benzene ring substituents is 1. The van der Waals surface area contributed by atoms with E-state index in [1.807, 2.05) is 30.3 Å². The van der Waals surface area contributed by atoms with E-state index in [4.69, 9.17) is 4.74 Å². The molecule has 2 aromatic carbocycles. The normalized spacial score (nSPS) is 11.6. The van der Waals surface area contributed by atoms with E-state index in [-0.39, 0.29) is 43.6 Å². The average Bonchev–Trinajstić information content (AvgIpc) is 3.03. The Hall–Kier alpha value is -3.33. The molecule has 0 aliphatic heterocycles. The van der Waals surface area contributed by atoms with Crippen molar-refractivity contribution in [2.45, 2.75) is 26.3 Å². The molecule has 1 aromatic heterocycles. The van der Waals surface area contributed by atoms with Crippen LogP contribution in [0.5, 0.6) is 0 Å². The fourth-order valence-corrected chi connectivity index (χ4v) is 3.94. The number of rotatable bonds is 7. The minimum absolute atomic E-state index is 0.0431. The van der Waals surface area contributed by atoms with Gasteiger partial charge in [-0.2, -0.15) is 4.99 Å². The summed E-state index contributed by atoms with van der Waals surface area (Å²) >= 11 is 1.18. The number of aromatic nitrogens is 1. The van der Waals surface area contributed by atoms with Gasteiger partial charge in [0.2, 0.25) is 0 Å². The number of nitro groups is 1. The molecule has 0 radical (unpaired) electrons. The first-order valence-corrected chi connectivity index (χ1v) is 9.84. The molecule has 3 aromatic rings. The Morgan fingerprint density at radius 2 is 1.97 bits per heavy atom. The summed E-state index contributed by atoms with van der Waals surface area (Å²) in [7, 11) is 0. The number of carbonyl (C=O) groups excluding carboxylic acids is 2. The lowest BCUT2D eigenvalue weighted by atomic mass is 10.1. The maximum absolute atomic E-state index is 12.5. The van der Waals surface area contributed by atoms with E-state index in [9.17, 15) is 19.7 Å². The summed E-state index contributed by atoms with van der Waals surface area (Å²) in [5.41, 5.74) is 1.48. The number of thiazole rings is 1. The van der Waals surface area contributed by atoms with Crippen LogP contribution in [0.25, 0.3) is 10.2 Å². The van der Waals surface area contributed by atoms with E-state index in [0.717, 1.165) is 5.56 Å². The first-order chi connectivity index (χ1) is 14.0. The number of nitrogens with zero attached hydrogens (tertiary/aromatic N) is 3. The molecular weight excluding hydrogens is 394 g/mol. The van der Waals surface area contributed by atoms with Gasteiger partial charge in [0.15, 0.2) is 4.80 Å². The summed E-state index contributed by atoms with van der Waals surface area (Å²) in [4.78, 5) is 39.4. The molecule has 9 heteroatoms. The average molecular weight is 413 g/mol. The van der Waals surface area contributed by atoms with Crippen molar-refractivity contribution in [2.75, 3.05) is 6.61 Å². The Bertz CT molecular complexity index is 1120. The van der Waals surface area contributed by atoms with Gasteiger partial charge in [-0.3, -0.25) is 19.7 Å². The molecule has 0 aliphatic carbocycles. The van der Waals surface area contributed by atoms with Gasteiger partial charge in [-0.15, -0.1) is 0 Å². The molecule has 0 unspecified atom stereocenters. The van der Waals surface area contributed by atoms with Gasteiger partial charge in [0, 0.05) is 18.7 Å². The van der Waals surface area contributed by atoms with Gasteiger partial charge < -0.3 is 9.30 Å². The SMILES string of the molecule is CCOC(=O)CCn1c(=NC(=O)Cc2ccccc2)sc2cc([N+](=O)[O-])ccc21. The first-order valence-electron chi connectivity index (χ1n) is 9.03. The molecule has 1 amide bonds. The summed E-state index contributed by atoms with van der Waals surface area (Å²) in [6.45, 7) is 2.27. The number of amides is 1. The molecular formula is C20H19N3O5S. The number of aryl methyl sites for hydroxylation is 1. The van der Waals surface area contributed by atoms with Crippen LogP contribution in [0.4, 0.5) is 5.69 Å². The summed E-state index contributed by atoms with van der Waals surface area (Å²) in [5, 5.41) is 11.1. The Labute approximate surface area is 170 Å². The topological polar surface area (TPSA) is 104 Å². The molecule has 3 rings (SSSR count). The molecule has 0 saturated heterocycles. The van der Waals surface area contributed by atoms with Crippen molar-refractivity contribution in [3.05, 3.63) is 69.0 Å². The lowest BCUT2D eigenvalue weighted by molar-refractivity contribution is -0.384. The number of hydrogen-bond acceptors (Lipinski definition) is 6. The van der Waals surface area contributed by atoms with Crippen molar-refractivity contribution in [1.29, 1.82) is 0 Å². The van der Waals surface area contributed by atoms with E-state index in [2.05, 4.69) is 4.99 Å². The van der Waals surface area contributed by atoms with Gasteiger partial charge in [0.25, 0.3) is 11.6 Å². The van der Waals surface area contributed by atoms with Crippen molar-refractivity contribution in [3.8, 4) is 0 Å². The number of carbonyl (C=O) groups is 2. The van der Waals surface area contributed by atoms with Crippen LogP contribution in [0, 0.1) is 10.1 Å². The Balaban J connectivity index is 1.98. The Morgan fingerprint density at radius 1 is 1.21 bits per heavy atom. The van der Waals surface area contributed by atoms with E-state index in [0.29, 0.717) is 15.0 Å². The highest BCUT2D eigenvalue weighted by Crippen LogP contribution is 2.23. The lowest BCUT2D eigenvalue weighted by Crippen LogP contribution is -2.20. The largest absolute Gasteiger partial charge is 0.466 e. The van der Waals surface area contributed by atoms with Crippen molar-refractivity contribution in [3.63, 3.8) is 0 Å². The van der Waals surface area contributed by atoms with Gasteiger partial charge in [0.05, 0.1) is 34.6 Å². The smallest absolute Gasteiger partial charge is 0.307 e. The number of fused-ring (bicyclic) bond motifs is 1. The van der Waals surface area contributed by atoms with E-state index >= 15 is 0 Å². The second kappa shape index (κ2) is 9.24. The van der Waals surface area contributed by atoms with Crippen molar-refractivity contribution < 1.29 is 19.2 Å². The zero-order valence-corrected chi connectivity index (χ0v) is 16.6. The van der Waals surface area contributed by atoms with Crippen LogP contribution in [0.2, 0.25) is 0 Å². The van der Waals surface area contributed by atoms with Crippen LogP contribution in [-0.4, -0.2) is 28.0 Å². The third kappa shape index (κ3) is 5.14. The van der Waals surface area contributed by atoms with Gasteiger partial charge in [-0.25, -0.2) is 0 Å². The standard InChI is InChI=1S/C20H19N3O5S/c1-2-28-19(25)10-11-22-16-9-8-15(23(26)27)13-17(16)29-20(22)21-18(24)12-14-6-4-3-5-7-14/h3-9,13H,2,10-12H2,1H3. The summed E-state index contributed by atoms with van der Waals surface area (Å²) < 4.78 is 7.31. The zero-order valence-electron chi connectivity index (χ0n) is 15.7. The minimum Gasteiger partial charge on any atom is -0.466 e. The molecule has 0 saturated carbocycles. The van der Waals surface area contributed by atoms with E-state index in [1.54, 1.807) is 17.6 Å². The Morgan fingerprint density at radius 3 is 2.66 bits per heavy atom. The molecule has 0 atom stereocenters. The lowest BCUT2D eigenvalue weighted by Gasteiger charge is -2.05. The third-order valence-corrected chi connectivity index (χ3v) is 5.18. The van der Waals surface area contributed by atoms with Crippen LogP contribution in [-0.2, 0) is 27.3 Å². The first kappa shape index (κ1) is 20.4. The maximum Gasteiger partial charge on any atom is 0.307 e. The summed E-state index contributed by atoms with van der Waals surface area (Å²) in [5.74, 6) is -0.690. The second-order valence-corrected chi connectivity index (χ2v) is 7.18. The molecule has 0 N–H and O–H groups in total. The molecule has 0 fully saturated rings. The van der Waals surface area contributed by atoms with Crippen LogP contribution in [0.3, 0.4) is 0 Å². The molecule has 150 valence electrons. The molecule has 29 heavy (non-hydrogen) atoms. The van der Waals surface area contributed by atoms with Crippen molar-refractivity contribution in [1.82, 2.24) is 4.57 Å². The van der Waals surface area contributed by atoms with Crippen LogP contribution in [0.1, 0.15) is 18.9 Å². The predicted molar refractivity (Wildman–Crippen MR) is 108 cm³/mol. The van der Waals surface area contributed by atoms with Gasteiger partial charge in [0.1, 0.15) is 0 Å². The quantitative estimate of drug-likeness (QED) is 0.336. The van der Waals surface area contributed by atoms with Crippen LogP contribution < -0.4 is 4.80 Å². The number of non-ortho nitro benzene ring substituents is 1. The number of benzene rings is 2. The monoisotopic (exact) mass is 413 g/mol. The minimum atomic E-state index is -0.473. The highest BCUT2D eigenvalue weighted by atomic mass is 32.1. The summed E-state index contributed by atoms with van der Waals surface area (Å²) in [6, 6.07) is 13.7. The maximum atomic E-state index is 12.5. The van der Waals surface area contributed by atoms with Gasteiger partial charge in [-0.05, 0) is 18.6 Å². The number of ether oxygens (including phenoxy) is 1. The molecule has 0 bridgehead atoms. The van der Waals surface area contributed by atoms with Crippen molar-refractivity contribution >= 4 is 39.1 Å². The zero-order chi connectivity index (χ0) is 20.8. The van der Waals surface area contributed by atoms with Crippen LogP contribution >= 0.6 is 11.3 Å². The summed E-state index contributed by atoms with van der Waals surface area (Å²) in [6.07, 6.45) is 0.254. The fraction of sp³-hybridized carbons (Fsp3) is 0.250. The number of esters is 1. The fourth-order valence-electron chi connectivity index (χ4n) is 2.83. The second-order valence-electron chi connectivity index (χ2n) is 6.17. The predicted octanol–water partition coefficient (Wildman–Crippen LogP) is 3.23.